The van der Waals surface area contributed by atoms with Gasteiger partial charge in [-0.3, -0.25) is 0 Å². The summed E-state index contributed by atoms with van der Waals surface area (Å²) in [5, 5.41) is 0.715. The third-order valence-corrected chi connectivity index (χ3v) is 3.31. The van der Waals surface area contributed by atoms with Crippen LogP contribution in [-0.4, -0.2) is 41.5 Å². The highest BCUT2D eigenvalue weighted by Gasteiger charge is 2.23. The molecule has 2 atom stereocenters. The van der Waals surface area contributed by atoms with E-state index >= 15 is 0 Å². The molecule has 18 heavy (non-hydrogen) atoms. The number of hydrogen-bond acceptors (Lipinski definition) is 7. The lowest BCUT2D eigenvalue weighted by molar-refractivity contribution is -0.00549. The summed E-state index contributed by atoms with van der Waals surface area (Å²) in [6, 6.07) is 1.87. The predicted octanol–water partition coefficient (Wildman–Crippen LogP) is 1.10. The first-order valence-corrected chi connectivity index (χ1v) is 7.15. The number of anilines is 2. The second-order valence-electron chi connectivity index (χ2n) is 4.40. The van der Waals surface area contributed by atoms with Crippen molar-refractivity contribution in [3.8, 4) is 0 Å². The fraction of sp³-hybridized carbons (Fsp3) is 0.636. The molecule has 0 aromatic carbocycles. The number of thioether (sulfide) groups is 1. The van der Waals surface area contributed by atoms with Crippen LogP contribution in [0.25, 0.3) is 0 Å². The summed E-state index contributed by atoms with van der Waals surface area (Å²) in [4.78, 5) is 11.0. The normalized spacial score (nSPS) is 24.1. The number of morpholine rings is 1. The first-order valence-electron chi connectivity index (χ1n) is 5.92. The number of nitrogens with two attached hydrogens (primary N) is 1. The Bertz CT molecular complexity index is 384. The van der Waals surface area contributed by atoms with Gasteiger partial charge in [-0.05, 0) is 20.1 Å². The molecular weight excluding hydrogens is 250 g/mol. The van der Waals surface area contributed by atoms with Gasteiger partial charge in [-0.2, -0.15) is 0 Å². The van der Waals surface area contributed by atoms with Crippen LogP contribution in [-0.2, 0) is 4.74 Å². The molecule has 2 heterocycles. The minimum Gasteiger partial charge on any atom is -0.372 e. The molecular formula is C11H19N5OS. The van der Waals surface area contributed by atoms with Crippen molar-refractivity contribution in [3.05, 3.63) is 6.07 Å². The molecule has 0 spiro atoms. The Morgan fingerprint density at radius 2 is 2.06 bits per heavy atom. The summed E-state index contributed by atoms with van der Waals surface area (Å²) >= 11 is 1.50. The summed E-state index contributed by atoms with van der Waals surface area (Å²) in [6.45, 7) is 5.81. The van der Waals surface area contributed by atoms with Crippen molar-refractivity contribution in [2.45, 2.75) is 31.2 Å². The van der Waals surface area contributed by atoms with E-state index in [9.17, 15) is 0 Å². The van der Waals surface area contributed by atoms with Gasteiger partial charge in [-0.1, -0.05) is 11.8 Å². The molecule has 0 radical (unpaired) electrons. The van der Waals surface area contributed by atoms with Crippen LogP contribution >= 0.6 is 11.8 Å². The van der Waals surface area contributed by atoms with E-state index in [1.807, 2.05) is 12.3 Å². The SMILES string of the molecule is CSc1nc(NN)cc(N2C[C@@H](C)O[C@@H](C)C2)n1. The largest absolute Gasteiger partial charge is 0.372 e. The zero-order chi connectivity index (χ0) is 13.1. The van der Waals surface area contributed by atoms with E-state index < -0.39 is 0 Å². The molecule has 100 valence electrons. The molecule has 0 amide bonds. The van der Waals surface area contributed by atoms with Crippen LogP contribution in [0.15, 0.2) is 11.2 Å². The van der Waals surface area contributed by atoms with E-state index in [4.69, 9.17) is 10.6 Å². The van der Waals surface area contributed by atoms with Crippen LogP contribution in [0.3, 0.4) is 0 Å². The Morgan fingerprint density at radius 1 is 1.39 bits per heavy atom. The average molecular weight is 269 g/mol. The Morgan fingerprint density at radius 3 is 2.61 bits per heavy atom. The van der Waals surface area contributed by atoms with E-state index in [0.717, 1.165) is 18.9 Å². The van der Waals surface area contributed by atoms with Gasteiger partial charge in [0.1, 0.15) is 11.6 Å². The van der Waals surface area contributed by atoms with Crippen molar-refractivity contribution < 1.29 is 4.74 Å². The molecule has 1 aromatic rings. The quantitative estimate of drug-likeness (QED) is 0.368. The highest BCUT2D eigenvalue weighted by atomic mass is 32.2. The van der Waals surface area contributed by atoms with E-state index in [0.29, 0.717) is 11.0 Å². The van der Waals surface area contributed by atoms with E-state index in [1.54, 1.807) is 0 Å². The van der Waals surface area contributed by atoms with Gasteiger partial charge in [0.2, 0.25) is 0 Å². The molecule has 1 saturated heterocycles. The first-order chi connectivity index (χ1) is 8.62. The average Bonchev–Trinajstić information content (AvgIpc) is 2.37. The zero-order valence-corrected chi connectivity index (χ0v) is 11.7. The second-order valence-corrected chi connectivity index (χ2v) is 5.18. The Balaban J connectivity index is 2.25. The summed E-state index contributed by atoms with van der Waals surface area (Å²) in [5.41, 5.74) is 2.58. The van der Waals surface area contributed by atoms with Gasteiger partial charge in [0.25, 0.3) is 0 Å². The predicted molar refractivity (Wildman–Crippen MR) is 73.8 cm³/mol. The van der Waals surface area contributed by atoms with Crippen LogP contribution in [0.5, 0.6) is 0 Å². The molecule has 3 N–H and O–H groups in total. The third-order valence-electron chi connectivity index (χ3n) is 2.77. The fourth-order valence-electron chi connectivity index (χ4n) is 2.11. The number of nitrogen functional groups attached to an aromatic ring is 1. The topological polar surface area (TPSA) is 76.3 Å². The number of nitrogens with zero attached hydrogens (tertiary/aromatic N) is 3. The maximum Gasteiger partial charge on any atom is 0.191 e. The van der Waals surface area contributed by atoms with Gasteiger partial charge >= 0.3 is 0 Å². The summed E-state index contributed by atoms with van der Waals surface area (Å²) in [5.74, 6) is 6.96. The molecule has 1 fully saturated rings. The monoisotopic (exact) mass is 269 g/mol. The third kappa shape index (κ3) is 3.04. The number of ether oxygens (including phenoxy) is 1. The molecule has 0 aliphatic carbocycles. The van der Waals surface area contributed by atoms with Gasteiger partial charge < -0.3 is 15.1 Å². The molecule has 7 heteroatoms. The molecule has 0 bridgehead atoms. The van der Waals surface area contributed by atoms with Crippen molar-refractivity contribution in [3.63, 3.8) is 0 Å². The maximum atomic E-state index is 5.72. The molecule has 0 saturated carbocycles. The van der Waals surface area contributed by atoms with Crippen LogP contribution in [0.4, 0.5) is 11.6 Å². The van der Waals surface area contributed by atoms with E-state index in [2.05, 4.69) is 34.1 Å². The summed E-state index contributed by atoms with van der Waals surface area (Å²) in [6.07, 6.45) is 2.36. The zero-order valence-electron chi connectivity index (χ0n) is 10.9. The minimum atomic E-state index is 0.204. The molecule has 0 unspecified atom stereocenters. The number of aromatic nitrogens is 2. The van der Waals surface area contributed by atoms with Gasteiger partial charge in [0.15, 0.2) is 5.16 Å². The standard InChI is InChI=1S/C11H19N5OS/c1-7-5-16(6-8(2)17-7)10-4-9(15-12)13-11(14-10)18-3/h4,7-8H,5-6,12H2,1-3H3,(H,13,14,15)/t7-,8+. The highest BCUT2D eigenvalue weighted by molar-refractivity contribution is 7.98. The lowest BCUT2D eigenvalue weighted by Crippen LogP contribution is -2.46. The smallest absolute Gasteiger partial charge is 0.191 e. The van der Waals surface area contributed by atoms with Crippen LogP contribution < -0.4 is 16.2 Å². The lowest BCUT2D eigenvalue weighted by atomic mass is 10.2. The lowest BCUT2D eigenvalue weighted by Gasteiger charge is -2.36. The Labute approximate surface area is 111 Å². The van der Waals surface area contributed by atoms with Gasteiger partial charge in [-0.25, -0.2) is 15.8 Å². The highest BCUT2D eigenvalue weighted by Crippen LogP contribution is 2.23. The molecule has 2 rings (SSSR count). The molecule has 1 aromatic heterocycles. The minimum absolute atomic E-state index is 0.204. The van der Waals surface area contributed by atoms with Crippen molar-refractivity contribution in [1.29, 1.82) is 0 Å². The Hall–Kier alpha value is -1.05. The van der Waals surface area contributed by atoms with E-state index in [1.165, 1.54) is 11.8 Å². The van der Waals surface area contributed by atoms with Crippen molar-refractivity contribution in [1.82, 2.24) is 9.97 Å². The van der Waals surface area contributed by atoms with Crippen LogP contribution in [0.2, 0.25) is 0 Å². The van der Waals surface area contributed by atoms with E-state index in [-0.39, 0.29) is 12.2 Å². The summed E-state index contributed by atoms with van der Waals surface area (Å²) in [7, 11) is 0. The number of hydrazine groups is 1. The van der Waals surface area contributed by atoms with Crippen LogP contribution in [0.1, 0.15) is 13.8 Å². The second kappa shape index (κ2) is 5.73. The first kappa shape index (κ1) is 13.4. The van der Waals surface area contributed by atoms with Crippen molar-refractivity contribution in [2.75, 3.05) is 29.7 Å². The van der Waals surface area contributed by atoms with Crippen molar-refractivity contribution in [2.24, 2.45) is 5.84 Å². The number of rotatable bonds is 3. The molecule has 1 aliphatic rings. The van der Waals surface area contributed by atoms with Crippen molar-refractivity contribution >= 4 is 23.4 Å². The fourth-order valence-corrected chi connectivity index (χ4v) is 2.48. The van der Waals surface area contributed by atoms with Gasteiger partial charge in [-0.15, -0.1) is 0 Å². The van der Waals surface area contributed by atoms with Crippen LogP contribution in [0, 0.1) is 0 Å². The Kier molecular flexibility index (Phi) is 4.26. The maximum absolute atomic E-state index is 5.72. The number of nitrogens with one attached hydrogen (secondary N) is 1. The molecule has 1 aliphatic heterocycles. The van der Waals surface area contributed by atoms with Gasteiger partial charge in [0.05, 0.1) is 12.2 Å². The molecule has 6 nitrogen and oxygen atoms in total. The summed E-state index contributed by atoms with van der Waals surface area (Å²) < 4.78 is 5.72. The van der Waals surface area contributed by atoms with Gasteiger partial charge in [0, 0.05) is 19.2 Å². The number of hydrogen-bond donors (Lipinski definition) is 2.